The molecule has 0 amide bonds. The third-order valence-corrected chi connectivity index (χ3v) is 2.87. The second-order valence-corrected chi connectivity index (χ2v) is 4.18. The number of carbonyl (C=O) groups is 1. The molecular formula is C15H15NO. The lowest BCUT2D eigenvalue weighted by molar-refractivity contribution is 0.0966. The van der Waals surface area contributed by atoms with E-state index in [1.165, 1.54) is 0 Å². The van der Waals surface area contributed by atoms with Crippen LogP contribution in [0.25, 0.3) is 0 Å². The van der Waals surface area contributed by atoms with Gasteiger partial charge in [0.2, 0.25) is 0 Å². The monoisotopic (exact) mass is 225 g/mol. The summed E-state index contributed by atoms with van der Waals surface area (Å²) in [6.45, 7) is 3.83. The van der Waals surface area contributed by atoms with E-state index in [1.807, 2.05) is 50.2 Å². The fraction of sp³-hybridized carbons (Fsp3) is 0.200. The van der Waals surface area contributed by atoms with Crippen LogP contribution in [-0.2, 0) is 0 Å². The number of hydrogen-bond donors (Lipinski definition) is 0. The van der Waals surface area contributed by atoms with E-state index in [9.17, 15) is 4.79 Å². The summed E-state index contributed by atoms with van der Waals surface area (Å²) in [5.41, 5.74) is 2.65. The molecule has 1 aromatic carbocycles. The minimum atomic E-state index is -0.113. The molecule has 0 N–H and O–H groups in total. The molecule has 86 valence electrons. The van der Waals surface area contributed by atoms with Crippen molar-refractivity contribution in [3.05, 3.63) is 65.5 Å². The molecule has 0 aliphatic carbocycles. The van der Waals surface area contributed by atoms with E-state index in [0.29, 0.717) is 0 Å². The molecule has 1 heterocycles. The van der Waals surface area contributed by atoms with Crippen molar-refractivity contribution in [3.63, 3.8) is 0 Å². The molecule has 17 heavy (non-hydrogen) atoms. The van der Waals surface area contributed by atoms with Gasteiger partial charge >= 0.3 is 0 Å². The van der Waals surface area contributed by atoms with Gasteiger partial charge in [-0.15, -0.1) is 0 Å². The van der Waals surface area contributed by atoms with Crippen LogP contribution in [0, 0.1) is 6.92 Å². The third-order valence-electron chi connectivity index (χ3n) is 2.87. The van der Waals surface area contributed by atoms with Crippen LogP contribution < -0.4 is 0 Å². The second-order valence-electron chi connectivity index (χ2n) is 4.18. The van der Waals surface area contributed by atoms with Crippen LogP contribution in [0.15, 0.2) is 48.7 Å². The Morgan fingerprint density at radius 3 is 2.53 bits per heavy atom. The molecule has 0 bridgehead atoms. The number of rotatable bonds is 3. The maximum atomic E-state index is 12.3. The van der Waals surface area contributed by atoms with Crippen LogP contribution >= 0.6 is 0 Å². The summed E-state index contributed by atoms with van der Waals surface area (Å²) in [5.74, 6) is 0.0275. The molecule has 2 rings (SSSR count). The summed E-state index contributed by atoms with van der Waals surface area (Å²) >= 11 is 0. The van der Waals surface area contributed by atoms with Gasteiger partial charge in [-0.3, -0.25) is 9.78 Å². The maximum Gasteiger partial charge on any atom is 0.170 e. The molecule has 1 unspecified atom stereocenters. The van der Waals surface area contributed by atoms with Crippen LogP contribution in [0.1, 0.15) is 34.5 Å². The molecule has 0 spiro atoms. The summed E-state index contributed by atoms with van der Waals surface area (Å²) in [6.07, 6.45) is 1.68. The van der Waals surface area contributed by atoms with Crippen molar-refractivity contribution in [1.82, 2.24) is 4.98 Å². The minimum Gasteiger partial charge on any atom is -0.294 e. The Hall–Kier alpha value is -1.96. The molecule has 0 aliphatic rings. The largest absolute Gasteiger partial charge is 0.294 e. The lowest BCUT2D eigenvalue weighted by Gasteiger charge is -2.10. The van der Waals surface area contributed by atoms with Crippen molar-refractivity contribution in [2.45, 2.75) is 19.8 Å². The van der Waals surface area contributed by atoms with Crippen molar-refractivity contribution < 1.29 is 4.79 Å². The number of aromatic nitrogens is 1. The van der Waals surface area contributed by atoms with E-state index in [1.54, 1.807) is 12.3 Å². The number of Topliss-reactive ketones (excluding diaryl/α,β-unsaturated/α-hetero) is 1. The Bertz CT molecular complexity index is 519. The molecular weight excluding hydrogens is 210 g/mol. The molecule has 0 aliphatic heterocycles. The number of ketones is 1. The molecule has 0 radical (unpaired) electrons. The van der Waals surface area contributed by atoms with E-state index in [2.05, 4.69) is 4.98 Å². The molecule has 0 saturated carbocycles. The predicted molar refractivity (Wildman–Crippen MR) is 68.2 cm³/mol. The summed E-state index contributed by atoms with van der Waals surface area (Å²) in [4.78, 5) is 16.4. The first-order valence-electron chi connectivity index (χ1n) is 5.70. The summed E-state index contributed by atoms with van der Waals surface area (Å²) in [5, 5.41) is 0. The molecule has 1 atom stereocenters. The van der Waals surface area contributed by atoms with Crippen LogP contribution in [-0.4, -0.2) is 10.8 Å². The van der Waals surface area contributed by atoms with Crippen molar-refractivity contribution >= 4 is 5.78 Å². The molecule has 0 saturated heterocycles. The summed E-state index contributed by atoms with van der Waals surface area (Å²) < 4.78 is 0. The first-order valence-corrected chi connectivity index (χ1v) is 5.70. The first kappa shape index (κ1) is 11.5. The third kappa shape index (κ3) is 2.59. The van der Waals surface area contributed by atoms with E-state index in [4.69, 9.17) is 0 Å². The van der Waals surface area contributed by atoms with Gasteiger partial charge in [-0.1, -0.05) is 37.3 Å². The average Bonchev–Trinajstić information content (AvgIpc) is 2.38. The predicted octanol–water partition coefficient (Wildman–Crippen LogP) is 3.38. The summed E-state index contributed by atoms with van der Waals surface area (Å²) in [7, 11) is 0. The fourth-order valence-corrected chi connectivity index (χ4v) is 1.84. The quantitative estimate of drug-likeness (QED) is 0.749. The van der Waals surface area contributed by atoms with E-state index < -0.39 is 0 Å². The lowest BCUT2D eigenvalue weighted by Crippen LogP contribution is -2.09. The zero-order valence-electron chi connectivity index (χ0n) is 10.1. The Balaban J connectivity index is 2.27. The molecule has 1 aromatic heterocycles. The van der Waals surface area contributed by atoms with Crippen molar-refractivity contribution in [2.75, 3.05) is 0 Å². The Morgan fingerprint density at radius 2 is 1.88 bits per heavy atom. The van der Waals surface area contributed by atoms with Gasteiger partial charge in [0.05, 0.1) is 0 Å². The Kier molecular flexibility index (Phi) is 3.33. The van der Waals surface area contributed by atoms with Crippen LogP contribution in [0.3, 0.4) is 0 Å². The smallest absolute Gasteiger partial charge is 0.170 e. The first-order chi connectivity index (χ1) is 8.18. The van der Waals surface area contributed by atoms with E-state index in [0.717, 1.165) is 16.8 Å². The highest BCUT2D eigenvalue weighted by Crippen LogP contribution is 2.20. The van der Waals surface area contributed by atoms with Crippen molar-refractivity contribution in [2.24, 2.45) is 0 Å². The fourth-order valence-electron chi connectivity index (χ4n) is 1.84. The molecule has 2 nitrogen and oxygen atoms in total. The topological polar surface area (TPSA) is 30.0 Å². The number of hydrogen-bond acceptors (Lipinski definition) is 2. The van der Waals surface area contributed by atoms with Crippen molar-refractivity contribution in [3.8, 4) is 0 Å². The van der Waals surface area contributed by atoms with E-state index >= 15 is 0 Å². The highest BCUT2D eigenvalue weighted by atomic mass is 16.1. The van der Waals surface area contributed by atoms with Gasteiger partial charge in [0.15, 0.2) is 5.78 Å². The zero-order chi connectivity index (χ0) is 12.3. The normalized spacial score (nSPS) is 12.1. The Morgan fingerprint density at radius 1 is 1.18 bits per heavy atom. The molecule has 2 heteroatoms. The highest BCUT2D eigenvalue weighted by Gasteiger charge is 2.16. The van der Waals surface area contributed by atoms with Gasteiger partial charge in [0.1, 0.15) is 0 Å². The van der Waals surface area contributed by atoms with Crippen LogP contribution in [0.4, 0.5) is 0 Å². The van der Waals surface area contributed by atoms with Gasteiger partial charge in [0.25, 0.3) is 0 Å². The second kappa shape index (κ2) is 4.91. The Labute approximate surface area is 101 Å². The van der Waals surface area contributed by atoms with Gasteiger partial charge in [0, 0.05) is 23.4 Å². The minimum absolute atomic E-state index is 0.113. The van der Waals surface area contributed by atoms with Gasteiger partial charge in [-0.2, -0.15) is 0 Å². The van der Waals surface area contributed by atoms with E-state index in [-0.39, 0.29) is 11.7 Å². The number of benzene rings is 1. The SMILES string of the molecule is Cc1cc(C(=O)C(C)c2ccccc2)ccn1. The van der Waals surface area contributed by atoms with Gasteiger partial charge < -0.3 is 0 Å². The van der Waals surface area contributed by atoms with Crippen molar-refractivity contribution in [1.29, 1.82) is 0 Å². The number of nitrogens with zero attached hydrogens (tertiary/aromatic N) is 1. The molecule has 2 aromatic rings. The summed E-state index contributed by atoms with van der Waals surface area (Å²) in [6, 6.07) is 13.4. The highest BCUT2D eigenvalue weighted by molar-refractivity contribution is 6.00. The van der Waals surface area contributed by atoms with Gasteiger partial charge in [-0.25, -0.2) is 0 Å². The number of aryl methyl sites for hydroxylation is 1. The maximum absolute atomic E-state index is 12.3. The average molecular weight is 225 g/mol. The van der Waals surface area contributed by atoms with Crippen LogP contribution in [0.5, 0.6) is 0 Å². The number of carbonyl (C=O) groups excluding carboxylic acids is 1. The van der Waals surface area contributed by atoms with Gasteiger partial charge in [-0.05, 0) is 24.6 Å². The lowest BCUT2D eigenvalue weighted by atomic mass is 9.92. The zero-order valence-corrected chi connectivity index (χ0v) is 10.1. The van der Waals surface area contributed by atoms with Crippen LogP contribution in [0.2, 0.25) is 0 Å². The molecule has 0 fully saturated rings. The number of pyridine rings is 1. The standard InChI is InChI=1S/C15H15NO/c1-11-10-14(8-9-16-11)15(17)12(2)13-6-4-3-5-7-13/h3-10,12H,1-2H3.